The summed E-state index contributed by atoms with van der Waals surface area (Å²) in [6.45, 7) is 2.07. The van der Waals surface area contributed by atoms with Gasteiger partial charge in [-0.25, -0.2) is 0 Å². The summed E-state index contributed by atoms with van der Waals surface area (Å²) in [5.74, 6) is 1.16. The molecule has 25 heavy (non-hydrogen) atoms. The molecule has 0 aliphatic carbocycles. The number of aryl methyl sites for hydroxylation is 2. The predicted molar refractivity (Wildman–Crippen MR) is 103 cm³/mol. The largest absolute Gasteiger partial charge is 0.496 e. The summed E-state index contributed by atoms with van der Waals surface area (Å²) in [6, 6.07) is 15.8. The molecular formula is C21H24N3O. The number of hydrogen-bond donors (Lipinski definition) is 3. The van der Waals surface area contributed by atoms with Gasteiger partial charge in [-0.3, -0.25) is 5.41 Å². The van der Waals surface area contributed by atoms with Crippen molar-refractivity contribution >= 4 is 16.7 Å². The van der Waals surface area contributed by atoms with E-state index in [1.165, 1.54) is 5.39 Å². The molecule has 0 fully saturated rings. The van der Waals surface area contributed by atoms with Crippen molar-refractivity contribution in [3.63, 3.8) is 0 Å². The molecular weight excluding hydrogens is 310 g/mol. The Morgan fingerprint density at radius 2 is 2.12 bits per heavy atom. The Balaban J connectivity index is 1.89. The number of ether oxygens (including phenoxy) is 1. The third-order valence-corrected chi connectivity index (χ3v) is 4.53. The summed E-state index contributed by atoms with van der Waals surface area (Å²) >= 11 is 0. The van der Waals surface area contributed by atoms with Crippen molar-refractivity contribution < 1.29 is 4.74 Å². The van der Waals surface area contributed by atoms with Crippen LogP contribution in [0.1, 0.15) is 35.2 Å². The van der Waals surface area contributed by atoms with E-state index in [2.05, 4.69) is 42.2 Å². The summed E-state index contributed by atoms with van der Waals surface area (Å²) in [7, 11) is 1.72. The van der Waals surface area contributed by atoms with Gasteiger partial charge in [0.1, 0.15) is 5.75 Å². The van der Waals surface area contributed by atoms with Gasteiger partial charge < -0.3 is 15.5 Å². The van der Waals surface area contributed by atoms with Crippen LogP contribution in [-0.4, -0.2) is 17.9 Å². The SMILES string of the molecule is COc1c(CCCC(=N)N)c[c]c(C)c1Cc1cc2ccccc2[nH]1. The smallest absolute Gasteiger partial charge is 0.125 e. The van der Waals surface area contributed by atoms with Crippen LogP contribution in [0.3, 0.4) is 0 Å². The number of nitrogens with two attached hydrogens (primary N) is 1. The van der Waals surface area contributed by atoms with E-state index in [1.807, 2.05) is 12.1 Å². The molecule has 0 aliphatic rings. The second kappa shape index (κ2) is 7.43. The van der Waals surface area contributed by atoms with Crippen molar-refractivity contribution in [1.29, 1.82) is 5.41 Å². The van der Waals surface area contributed by atoms with Crippen molar-refractivity contribution in [3.8, 4) is 5.75 Å². The van der Waals surface area contributed by atoms with E-state index in [1.54, 1.807) is 7.11 Å². The van der Waals surface area contributed by atoms with Gasteiger partial charge in [0.2, 0.25) is 0 Å². The van der Waals surface area contributed by atoms with Gasteiger partial charge in [0.05, 0.1) is 12.9 Å². The van der Waals surface area contributed by atoms with Gasteiger partial charge in [0.15, 0.2) is 0 Å². The lowest BCUT2D eigenvalue weighted by molar-refractivity contribution is 0.404. The summed E-state index contributed by atoms with van der Waals surface area (Å²) in [6.07, 6.45) is 3.06. The van der Waals surface area contributed by atoms with Crippen LogP contribution in [-0.2, 0) is 12.8 Å². The van der Waals surface area contributed by atoms with Gasteiger partial charge in [-0.15, -0.1) is 0 Å². The van der Waals surface area contributed by atoms with E-state index < -0.39 is 0 Å². The molecule has 2 aromatic carbocycles. The van der Waals surface area contributed by atoms with E-state index in [9.17, 15) is 0 Å². The molecule has 0 saturated heterocycles. The topological polar surface area (TPSA) is 74.9 Å². The number of aromatic nitrogens is 1. The molecule has 3 aromatic rings. The molecule has 0 bridgehead atoms. The molecule has 0 spiro atoms. The number of aromatic amines is 1. The first-order valence-corrected chi connectivity index (χ1v) is 8.55. The third kappa shape index (κ3) is 3.85. The lowest BCUT2D eigenvalue weighted by Gasteiger charge is -2.15. The van der Waals surface area contributed by atoms with Crippen LogP contribution in [0.4, 0.5) is 0 Å². The first-order chi connectivity index (χ1) is 12.1. The Bertz CT molecular complexity index is 862. The molecule has 3 rings (SSSR count). The zero-order chi connectivity index (χ0) is 17.8. The highest BCUT2D eigenvalue weighted by Gasteiger charge is 2.14. The number of amidine groups is 1. The van der Waals surface area contributed by atoms with Gasteiger partial charge in [0.25, 0.3) is 0 Å². The maximum Gasteiger partial charge on any atom is 0.125 e. The number of benzene rings is 2. The zero-order valence-corrected chi connectivity index (χ0v) is 14.8. The molecule has 4 heteroatoms. The summed E-state index contributed by atoms with van der Waals surface area (Å²) in [4.78, 5) is 3.49. The average Bonchev–Trinajstić information content (AvgIpc) is 3.00. The second-order valence-corrected chi connectivity index (χ2v) is 6.39. The lowest BCUT2D eigenvalue weighted by Crippen LogP contribution is -2.09. The Morgan fingerprint density at radius 3 is 2.84 bits per heavy atom. The molecule has 1 radical (unpaired) electrons. The van der Waals surface area contributed by atoms with Crippen LogP contribution >= 0.6 is 0 Å². The molecule has 0 saturated carbocycles. The Kier molecular flexibility index (Phi) is 5.08. The number of H-pyrrole nitrogens is 1. The van der Waals surface area contributed by atoms with Gasteiger partial charge in [-0.1, -0.05) is 18.2 Å². The van der Waals surface area contributed by atoms with Crippen molar-refractivity contribution in [2.24, 2.45) is 5.73 Å². The molecule has 0 aliphatic heterocycles. The van der Waals surface area contributed by atoms with E-state index >= 15 is 0 Å². The monoisotopic (exact) mass is 334 g/mol. The standard InChI is InChI=1S/C21H24N3O/c1-14-10-11-15(7-5-9-20(22)23)21(25-2)18(14)13-17-12-16-6-3-4-8-19(16)24-17/h3-4,6,8,11-12,24H,5,7,9,13H2,1-2H3,(H3,22,23). The van der Waals surface area contributed by atoms with Crippen LogP contribution in [0.2, 0.25) is 0 Å². The van der Waals surface area contributed by atoms with E-state index in [-0.39, 0.29) is 5.84 Å². The van der Waals surface area contributed by atoms with Crippen LogP contribution in [0, 0.1) is 18.4 Å². The zero-order valence-electron chi connectivity index (χ0n) is 14.8. The number of hydrogen-bond acceptors (Lipinski definition) is 2. The molecule has 4 N–H and O–H groups in total. The molecule has 129 valence electrons. The minimum atomic E-state index is 0.230. The maximum atomic E-state index is 7.37. The lowest BCUT2D eigenvalue weighted by atomic mass is 9.96. The fourth-order valence-corrected chi connectivity index (χ4v) is 3.25. The summed E-state index contributed by atoms with van der Waals surface area (Å²) in [5, 5.41) is 8.59. The highest BCUT2D eigenvalue weighted by molar-refractivity contribution is 5.80. The third-order valence-electron chi connectivity index (χ3n) is 4.53. The predicted octanol–water partition coefficient (Wildman–Crippen LogP) is 4.13. The van der Waals surface area contributed by atoms with Crippen LogP contribution in [0.25, 0.3) is 10.9 Å². The van der Waals surface area contributed by atoms with Gasteiger partial charge >= 0.3 is 0 Å². The number of para-hydroxylation sites is 1. The van der Waals surface area contributed by atoms with Crippen molar-refractivity contribution in [3.05, 3.63) is 64.8 Å². The number of rotatable bonds is 7. The van der Waals surface area contributed by atoms with Gasteiger partial charge in [-0.2, -0.15) is 0 Å². The average molecular weight is 334 g/mol. The Labute approximate surface area is 148 Å². The molecule has 0 unspecified atom stereocenters. The van der Waals surface area contributed by atoms with Crippen LogP contribution in [0.15, 0.2) is 36.4 Å². The molecule has 1 heterocycles. The van der Waals surface area contributed by atoms with E-state index in [0.29, 0.717) is 6.42 Å². The van der Waals surface area contributed by atoms with E-state index in [0.717, 1.165) is 52.9 Å². The van der Waals surface area contributed by atoms with E-state index in [4.69, 9.17) is 15.9 Å². The molecule has 0 amide bonds. The summed E-state index contributed by atoms with van der Waals surface area (Å²) in [5.41, 5.74) is 11.2. The normalized spacial score (nSPS) is 11.0. The van der Waals surface area contributed by atoms with Gasteiger partial charge in [-0.05, 0) is 60.5 Å². The summed E-state index contributed by atoms with van der Waals surface area (Å²) < 4.78 is 5.74. The van der Waals surface area contributed by atoms with Crippen LogP contribution in [0.5, 0.6) is 5.75 Å². The van der Waals surface area contributed by atoms with Crippen molar-refractivity contribution in [2.45, 2.75) is 32.6 Å². The first kappa shape index (κ1) is 17.1. The molecule has 1 aromatic heterocycles. The molecule has 4 nitrogen and oxygen atoms in total. The Hall–Kier alpha value is -2.75. The molecule has 0 atom stereocenters. The van der Waals surface area contributed by atoms with Crippen LogP contribution < -0.4 is 10.5 Å². The van der Waals surface area contributed by atoms with Crippen molar-refractivity contribution in [1.82, 2.24) is 4.98 Å². The fourth-order valence-electron chi connectivity index (χ4n) is 3.25. The quantitative estimate of drug-likeness (QED) is 0.449. The second-order valence-electron chi connectivity index (χ2n) is 6.39. The fraction of sp³-hybridized carbons (Fsp3) is 0.286. The number of methoxy groups -OCH3 is 1. The maximum absolute atomic E-state index is 7.37. The number of nitrogens with one attached hydrogen (secondary N) is 2. The van der Waals surface area contributed by atoms with Crippen molar-refractivity contribution in [2.75, 3.05) is 7.11 Å². The highest BCUT2D eigenvalue weighted by Crippen LogP contribution is 2.30. The minimum absolute atomic E-state index is 0.230. The Morgan fingerprint density at radius 1 is 1.32 bits per heavy atom. The minimum Gasteiger partial charge on any atom is -0.496 e. The highest BCUT2D eigenvalue weighted by atomic mass is 16.5. The number of fused-ring (bicyclic) bond motifs is 1. The first-order valence-electron chi connectivity index (χ1n) is 8.55. The van der Waals surface area contributed by atoms with Gasteiger partial charge in [0, 0.05) is 29.6 Å².